The standard InChI is InChI=1S/C19H18N4O3/c1-25-14-8-9-15(18(10-14)26-2)16-11-17(22-21-16)19(24)23-20-12-13-6-4-3-5-7-13/h3-12H,1-2H3,(H,21,22)(H,23,24). The van der Waals surface area contributed by atoms with Crippen LogP contribution >= 0.6 is 0 Å². The van der Waals surface area contributed by atoms with Crippen molar-refractivity contribution in [2.75, 3.05) is 14.2 Å². The summed E-state index contributed by atoms with van der Waals surface area (Å²) in [7, 11) is 3.15. The van der Waals surface area contributed by atoms with E-state index < -0.39 is 0 Å². The molecule has 0 atom stereocenters. The summed E-state index contributed by atoms with van der Waals surface area (Å²) in [6.45, 7) is 0. The van der Waals surface area contributed by atoms with Crippen LogP contribution in [-0.2, 0) is 0 Å². The SMILES string of the molecule is COc1ccc(-c2cc(C(=O)NN=Cc3ccccc3)[nH]n2)c(OC)c1. The predicted octanol–water partition coefficient (Wildman–Crippen LogP) is 2.86. The van der Waals surface area contributed by atoms with Gasteiger partial charge in [-0.2, -0.15) is 10.2 Å². The van der Waals surface area contributed by atoms with Crippen LogP contribution in [0, 0.1) is 0 Å². The zero-order chi connectivity index (χ0) is 18.4. The number of nitrogens with one attached hydrogen (secondary N) is 2. The zero-order valence-corrected chi connectivity index (χ0v) is 14.4. The Labute approximate surface area is 150 Å². The summed E-state index contributed by atoms with van der Waals surface area (Å²) < 4.78 is 10.6. The molecule has 1 aromatic heterocycles. The summed E-state index contributed by atoms with van der Waals surface area (Å²) >= 11 is 0. The van der Waals surface area contributed by atoms with Crippen LogP contribution < -0.4 is 14.9 Å². The molecule has 2 aromatic carbocycles. The quantitative estimate of drug-likeness (QED) is 0.528. The van der Waals surface area contributed by atoms with E-state index in [1.807, 2.05) is 36.4 Å². The number of aromatic nitrogens is 2. The zero-order valence-electron chi connectivity index (χ0n) is 14.4. The lowest BCUT2D eigenvalue weighted by Gasteiger charge is -2.08. The minimum atomic E-state index is -0.386. The topological polar surface area (TPSA) is 88.6 Å². The first-order valence-electron chi connectivity index (χ1n) is 7.87. The lowest BCUT2D eigenvalue weighted by molar-refractivity contribution is 0.0950. The maximum atomic E-state index is 12.2. The maximum absolute atomic E-state index is 12.2. The predicted molar refractivity (Wildman–Crippen MR) is 98.6 cm³/mol. The fourth-order valence-corrected chi connectivity index (χ4v) is 2.35. The Morgan fingerprint density at radius 2 is 1.92 bits per heavy atom. The lowest BCUT2D eigenvalue weighted by Crippen LogP contribution is -2.17. The van der Waals surface area contributed by atoms with Gasteiger partial charge in [-0.1, -0.05) is 30.3 Å². The van der Waals surface area contributed by atoms with Gasteiger partial charge in [0.2, 0.25) is 0 Å². The Balaban J connectivity index is 1.73. The summed E-state index contributed by atoms with van der Waals surface area (Å²) in [6.07, 6.45) is 1.57. The summed E-state index contributed by atoms with van der Waals surface area (Å²) in [5.74, 6) is 0.891. The normalized spacial score (nSPS) is 10.7. The van der Waals surface area contributed by atoms with Gasteiger partial charge in [0.1, 0.15) is 17.2 Å². The fourth-order valence-electron chi connectivity index (χ4n) is 2.35. The Morgan fingerprint density at radius 1 is 1.12 bits per heavy atom. The molecule has 7 heteroatoms. The molecule has 0 spiro atoms. The van der Waals surface area contributed by atoms with E-state index in [4.69, 9.17) is 9.47 Å². The first-order valence-corrected chi connectivity index (χ1v) is 7.87. The number of methoxy groups -OCH3 is 2. The van der Waals surface area contributed by atoms with Gasteiger partial charge < -0.3 is 9.47 Å². The number of rotatable bonds is 6. The van der Waals surface area contributed by atoms with Crippen molar-refractivity contribution < 1.29 is 14.3 Å². The van der Waals surface area contributed by atoms with E-state index in [1.54, 1.807) is 38.6 Å². The number of hydrogen-bond donors (Lipinski definition) is 2. The second kappa shape index (κ2) is 7.98. The van der Waals surface area contributed by atoms with Gasteiger partial charge in [0.15, 0.2) is 0 Å². The number of nitrogens with zero attached hydrogens (tertiary/aromatic N) is 2. The van der Waals surface area contributed by atoms with Gasteiger partial charge in [0.25, 0.3) is 5.91 Å². The number of aromatic amines is 1. The molecule has 1 amide bonds. The number of carbonyl (C=O) groups excluding carboxylic acids is 1. The van der Waals surface area contributed by atoms with Gasteiger partial charge in [-0.05, 0) is 23.8 Å². The minimum Gasteiger partial charge on any atom is -0.497 e. The van der Waals surface area contributed by atoms with E-state index in [9.17, 15) is 4.79 Å². The molecule has 7 nitrogen and oxygen atoms in total. The molecular formula is C19H18N4O3. The van der Waals surface area contributed by atoms with Crippen molar-refractivity contribution in [2.45, 2.75) is 0 Å². The Hall–Kier alpha value is -3.61. The number of hydrazone groups is 1. The van der Waals surface area contributed by atoms with E-state index in [2.05, 4.69) is 20.7 Å². The summed E-state index contributed by atoms with van der Waals surface area (Å²) in [6, 6.07) is 16.5. The molecule has 0 fully saturated rings. The van der Waals surface area contributed by atoms with Crippen LogP contribution in [0.5, 0.6) is 11.5 Å². The van der Waals surface area contributed by atoms with Crippen LogP contribution in [0.1, 0.15) is 16.1 Å². The average molecular weight is 350 g/mol. The number of H-pyrrole nitrogens is 1. The minimum absolute atomic E-state index is 0.295. The molecule has 3 rings (SSSR count). The Morgan fingerprint density at radius 3 is 2.65 bits per heavy atom. The second-order valence-electron chi connectivity index (χ2n) is 5.34. The molecule has 0 aliphatic carbocycles. The second-order valence-corrected chi connectivity index (χ2v) is 5.34. The molecule has 1 heterocycles. The number of ether oxygens (including phenoxy) is 2. The maximum Gasteiger partial charge on any atom is 0.289 e. The van der Waals surface area contributed by atoms with Crippen LogP contribution in [0.2, 0.25) is 0 Å². The first kappa shape index (κ1) is 17.2. The van der Waals surface area contributed by atoms with Gasteiger partial charge in [0, 0.05) is 11.6 Å². The van der Waals surface area contributed by atoms with Crippen molar-refractivity contribution in [1.82, 2.24) is 15.6 Å². The van der Waals surface area contributed by atoms with Crippen molar-refractivity contribution in [3.05, 3.63) is 65.9 Å². The molecule has 0 saturated heterocycles. The van der Waals surface area contributed by atoms with E-state index in [0.29, 0.717) is 22.9 Å². The number of amides is 1. The summed E-state index contributed by atoms with van der Waals surface area (Å²) in [4.78, 5) is 12.2. The van der Waals surface area contributed by atoms with Crippen LogP contribution in [0.25, 0.3) is 11.3 Å². The lowest BCUT2D eigenvalue weighted by atomic mass is 10.1. The number of benzene rings is 2. The smallest absolute Gasteiger partial charge is 0.289 e. The molecule has 0 aliphatic rings. The number of carbonyl (C=O) groups is 1. The molecule has 0 bridgehead atoms. The summed E-state index contributed by atoms with van der Waals surface area (Å²) in [5, 5.41) is 10.8. The average Bonchev–Trinajstić information content (AvgIpc) is 3.18. The molecule has 0 aliphatic heterocycles. The van der Waals surface area contributed by atoms with Crippen molar-refractivity contribution >= 4 is 12.1 Å². The Kier molecular flexibility index (Phi) is 5.28. The van der Waals surface area contributed by atoms with Gasteiger partial charge in [0.05, 0.1) is 26.1 Å². The molecule has 0 unspecified atom stereocenters. The van der Waals surface area contributed by atoms with Crippen LogP contribution in [0.3, 0.4) is 0 Å². The van der Waals surface area contributed by atoms with E-state index in [-0.39, 0.29) is 5.91 Å². The highest BCUT2D eigenvalue weighted by Gasteiger charge is 2.14. The molecule has 2 N–H and O–H groups in total. The monoisotopic (exact) mass is 350 g/mol. The molecule has 3 aromatic rings. The highest BCUT2D eigenvalue weighted by molar-refractivity contribution is 5.94. The van der Waals surface area contributed by atoms with Crippen LogP contribution in [-0.4, -0.2) is 36.5 Å². The molecule has 26 heavy (non-hydrogen) atoms. The number of hydrogen-bond acceptors (Lipinski definition) is 5. The van der Waals surface area contributed by atoms with Crippen LogP contribution in [0.15, 0.2) is 59.7 Å². The van der Waals surface area contributed by atoms with E-state index >= 15 is 0 Å². The van der Waals surface area contributed by atoms with Crippen LogP contribution in [0.4, 0.5) is 0 Å². The first-order chi connectivity index (χ1) is 12.7. The third kappa shape index (κ3) is 3.89. The van der Waals surface area contributed by atoms with Crippen molar-refractivity contribution in [3.8, 4) is 22.8 Å². The van der Waals surface area contributed by atoms with Gasteiger partial charge in [-0.3, -0.25) is 9.89 Å². The van der Waals surface area contributed by atoms with E-state index in [0.717, 1.165) is 11.1 Å². The van der Waals surface area contributed by atoms with E-state index in [1.165, 1.54) is 0 Å². The highest BCUT2D eigenvalue weighted by atomic mass is 16.5. The summed E-state index contributed by atoms with van der Waals surface area (Å²) in [5.41, 5.74) is 4.98. The van der Waals surface area contributed by atoms with Crippen molar-refractivity contribution in [1.29, 1.82) is 0 Å². The largest absolute Gasteiger partial charge is 0.497 e. The van der Waals surface area contributed by atoms with Crippen molar-refractivity contribution in [3.63, 3.8) is 0 Å². The molecular weight excluding hydrogens is 332 g/mol. The van der Waals surface area contributed by atoms with Gasteiger partial charge in [-0.25, -0.2) is 5.43 Å². The fraction of sp³-hybridized carbons (Fsp3) is 0.105. The molecule has 0 radical (unpaired) electrons. The van der Waals surface area contributed by atoms with Gasteiger partial charge in [-0.15, -0.1) is 0 Å². The highest BCUT2D eigenvalue weighted by Crippen LogP contribution is 2.32. The third-order valence-corrected chi connectivity index (χ3v) is 3.69. The van der Waals surface area contributed by atoms with Gasteiger partial charge >= 0.3 is 0 Å². The Bertz CT molecular complexity index is 920. The molecule has 0 saturated carbocycles. The third-order valence-electron chi connectivity index (χ3n) is 3.69. The molecule has 132 valence electrons. The van der Waals surface area contributed by atoms with Crippen molar-refractivity contribution in [2.24, 2.45) is 5.10 Å².